The molecule has 3 saturated carbocycles. The minimum atomic E-state index is 0. The van der Waals surface area contributed by atoms with Gasteiger partial charge in [-0.15, -0.1) is 18.5 Å². The third-order valence-electron chi connectivity index (χ3n) is 7.27. The predicted octanol–water partition coefficient (Wildman–Crippen LogP) is 6.12. The second kappa shape index (κ2) is 18.7. The van der Waals surface area contributed by atoms with Crippen molar-refractivity contribution in [3.63, 3.8) is 0 Å². The van der Waals surface area contributed by atoms with Gasteiger partial charge in [-0.3, -0.25) is 0 Å². The van der Waals surface area contributed by atoms with Gasteiger partial charge in [-0.25, -0.2) is 6.58 Å². The van der Waals surface area contributed by atoms with E-state index >= 15 is 0 Å². The van der Waals surface area contributed by atoms with Gasteiger partial charge in [0.15, 0.2) is 0 Å². The molecule has 0 aromatic carbocycles. The summed E-state index contributed by atoms with van der Waals surface area (Å²) in [6.45, 7) is 9.60. The number of ketones is 1. The van der Waals surface area contributed by atoms with Crippen LogP contribution in [-0.2, 0) is 23.9 Å². The van der Waals surface area contributed by atoms with Crippen molar-refractivity contribution in [3.8, 4) is 0 Å². The van der Waals surface area contributed by atoms with E-state index in [2.05, 4.69) is 0 Å². The topological polar surface area (TPSA) is 11.3 Å². The molecule has 0 saturated heterocycles. The van der Waals surface area contributed by atoms with Crippen molar-refractivity contribution in [1.29, 1.82) is 0 Å². The first-order valence-corrected chi connectivity index (χ1v) is 14.5. The van der Waals surface area contributed by atoms with Crippen molar-refractivity contribution in [2.75, 3.05) is 0 Å². The molecule has 0 N–H and O–H groups in total. The molecule has 0 heterocycles. The molecule has 33 heavy (non-hydrogen) atoms. The van der Waals surface area contributed by atoms with Crippen LogP contribution >= 0.6 is 20.3 Å². The molecule has 3 fully saturated rings. The first kappa shape index (κ1) is 33.5. The summed E-state index contributed by atoms with van der Waals surface area (Å²) in [5.74, 6) is 0.766. The van der Waals surface area contributed by atoms with E-state index in [1.54, 1.807) is 77.0 Å². The number of hydrogen-bond acceptors (Lipinski definition) is 0. The van der Waals surface area contributed by atoms with Gasteiger partial charge in [0.1, 0.15) is 0 Å². The van der Waals surface area contributed by atoms with Crippen molar-refractivity contribution in [2.45, 2.75) is 133 Å². The summed E-state index contributed by atoms with van der Waals surface area (Å²) >= 11 is 0. The third kappa shape index (κ3) is 11.4. The fourth-order valence-electron chi connectivity index (χ4n) is 5.87. The number of carbonyl (C=O) groups excluding carboxylic acids is 1. The molecule has 1 nitrogen and oxygen atoms in total. The number of hydrogen-bond donors (Lipinski definition) is 0. The average Bonchev–Trinajstić information content (AvgIpc) is 2.78. The predicted molar refractivity (Wildman–Crippen MR) is 143 cm³/mol. The largest absolute Gasteiger partial charge is 1.00 e. The normalized spacial score (nSPS) is 23.4. The van der Waals surface area contributed by atoms with Crippen LogP contribution in [0.25, 0.3) is 0 Å². The molecule has 193 valence electrons. The fraction of sp³-hybridized carbons (Fsp3) is 0.750. The Morgan fingerprint density at radius 2 is 1.12 bits per heavy atom. The number of halogens is 2. The Morgan fingerprint density at radius 1 is 0.758 bits per heavy atom. The average molecular weight is 604 g/mol. The van der Waals surface area contributed by atoms with E-state index in [1.165, 1.54) is 36.2 Å². The Hall–Kier alpha value is 0.523. The molecule has 4 aliphatic rings. The minimum absolute atomic E-state index is 0. The smallest absolute Gasteiger partial charge is 1.00 e. The zero-order chi connectivity index (χ0) is 21.2. The standard InChI is InChI=1S/C18H33P.C10H12O.2ClH.Ru.H2/c1-4-10-16(11-5-1)19(17-12-6-2-7-13-17)18-14-8-3-9-15-18;1-8(2)11-10-7-5-4-6-9(10)3;;;;/h16-18H,1-15H2;3-8H,1-2H3;2*1H;;1H/q;;;;+1;/p-1. The molecule has 4 rings (SSSR count). The summed E-state index contributed by atoms with van der Waals surface area (Å²) in [5.41, 5.74) is 4.26. The minimum Gasteiger partial charge on any atom is -1.00 e. The van der Waals surface area contributed by atoms with Gasteiger partial charge < -0.3 is 16.8 Å². The molecular formula is C28H48Cl2OPRu. The summed E-state index contributed by atoms with van der Waals surface area (Å²) in [5, 5.41) is 0. The Balaban J connectivity index is 0. The van der Waals surface area contributed by atoms with Crippen LogP contribution in [-0.4, -0.2) is 28.9 Å². The van der Waals surface area contributed by atoms with Gasteiger partial charge >= 0.3 is 19.5 Å². The van der Waals surface area contributed by atoms with Crippen molar-refractivity contribution < 1.29 is 37.7 Å². The zero-order valence-electron chi connectivity index (χ0n) is 20.8. The monoisotopic (exact) mass is 603 g/mol. The summed E-state index contributed by atoms with van der Waals surface area (Å²) in [6, 6.07) is 0. The van der Waals surface area contributed by atoms with E-state index < -0.39 is 0 Å². The second-order valence-electron chi connectivity index (χ2n) is 10.0. The Labute approximate surface area is 232 Å². The third-order valence-corrected chi connectivity index (χ3v) is 11.3. The summed E-state index contributed by atoms with van der Waals surface area (Å²) in [6.07, 6.45) is 31.3. The van der Waals surface area contributed by atoms with Gasteiger partial charge in [0.2, 0.25) is 5.78 Å². The summed E-state index contributed by atoms with van der Waals surface area (Å²) in [7, 11) is 0.385. The number of allylic oxidation sites excluding steroid dienone is 5. The zero-order valence-corrected chi connectivity index (χ0v) is 25.0. The Bertz CT molecular complexity index is 577. The molecule has 0 aromatic heterocycles. The van der Waals surface area contributed by atoms with E-state index in [-0.39, 0.29) is 51.8 Å². The molecule has 4 aliphatic carbocycles. The van der Waals surface area contributed by atoms with Gasteiger partial charge in [-0.05, 0) is 61.6 Å². The van der Waals surface area contributed by atoms with Gasteiger partial charge in [0.05, 0.1) is 0 Å². The van der Waals surface area contributed by atoms with E-state index in [1.807, 2.05) is 38.2 Å². The van der Waals surface area contributed by atoms with Gasteiger partial charge in [0, 0.05) is 15.3 Å². The van der Waals surface area contributed by atoms with E-state index in [4.69, 9.17) is 11.0 Å². The van der Waals surface area contributed by atoms with Crippen molar-refractivity contribution >= 4 is 26.1 Å². The fourth-order valence-corrected chi connectivity index (χ4v) is 10.5. The van der Waals surface area contributed by atoms with Crippen molar-refractivity contribution in [1.82, 2.24) is 0 Å². The SMILES string of the molecule is C1CCC(P(C2CCCCC2)C2CCCCC2)CC1.Cl.[CH-]=C1C=CC=CC1=[O+]C(C)C.[Cl-].[HH].[Ru+]. The van der Waals surface area contributed by atoms with E-state index in [0.717, 1.165) is 5.78 Å². The molecule has 5 heteroatoms. The van der Waals surface area contributed by atoms with Crippen LogP contribution in [0.15, 0.2) is 29.9 Å². The summed E-state index contributed by atoms with van der Waals surface area (Å²) < 4.78 is 5.42. The van der Waals surface area contributed by atoms with E-state index in [0.29, 0.717) is 13.5 Å². The first-order chi connectivity index (χ1) is 14.6. The van der Waals surface area contributed by atoms with Crippen molar-refractivity contribution in [2.24, 2.45) is 0 Å². The van der Waals surface area contributed by atoms with Gasteiger partial charge in [-0.1, -0.05) is 77.4 Å². The van der Waals surface area contributed by atoms with Crippen LogP contribution in [0, 0.1) is 6.58 Å². The Kier molecular flexibility index (Phi) is 19.0. The second-order valence-corrected chi connectivity index (χ2v) is 13.1. The first-order valence-electron chi connectivity index (χ1n) is 12.9. The molecule has 0 atom stereocenters. The van der Waals surface area contributed by atoms with Crippen LogP contribution in [0.5, 0.6) is 0 Å². The summed E-state index contributed by atoms with van der Waals surface area (Å²) in [4.78, 5) is 0. The van der Waals surface area contributed by atoms with Crippen LogP contribution in [0.1, 0.15) is 112 Å². The molecule has 0 unspecified atom stereocenters. The number of rotatable bonds is 4. The van der Waals surface area contributed by atoms with Gasteiger partial charge in [-0.2, -0.15) is 6.08 Å². The molecule has 0 aromatic rings. The van der Waals surface area contributed by atoms with Crippen LogP contribution in [0.4, 0.5) is 0 Å². The molecule has 0 aliphatic heterocycles. The maximum atomic E-state index is 5.64. The molecular weight excluding hydrogens is 555 g/mol. The maximum absolute atomic E-state index is 5.64. The van der Waals surface area contributed by atoms with Crippen LogP contribution in [0.3, 0.4) is 0 Å². The van der Waals surface area contributed by atoms with Crippen LogP contribution in [0.2, 0.25) is 0 Å². The molecule has 0 amide bonds. The van der Waals surface area contributed by atoms with Gasteiger partial charge in [0.25, 0.3) is 6.10 Å². The molecule has 0 spiro atoms. The quantitative estimate of drug-likeness (QED) is 0.121. The maximum Gasteiger partial charge on any atom is 1.00 e. The van der Waals surface area contributed by atoms with E-state index in [9.17, 15) is 0 Å². The van der Waals surface area contributed by atoms with Crippen LogP contribution < -0.4 is 12.4 Å². The molecule has 1 radical (unpaired) electrons. The molecule has 0 bridgehead atoms. The van der Waals surface area contributed by atoms with Crippen molar-refractivity contribution in [3.05, 3.63) is 36.5 Å². The Morgan fingerprint density at radius 3 is 1.45 bits per heavy atom.